The van der Waals surface area contributed by atoms with Crippen LogP contribution in [0.15, 0.2) is 54.1 Å². The number of benzene rings is 1. The first-order chi connectivity index (χ1) is 13.1. The Morgan fingerprint density at radius 1 is 1.15 bits per heavy atom. The number of amides is 2. The Balaban J connectivity index is 1.56. The third-order valence-electron chi connectivity index (χ3n) is 6.59. The highest BCUT2D eigenvalue weighted by molar-refractivity contribution is 6.22. The van der Waals surface area contributed by atoms with Crippen molar-refractivity contribution in [1.82, 2.24) is 0 Å². The molecule has 5 heteroatoms. The van der Waals surface area contributed by atoms with Gasteiger partial charge >= 0.3 is 0 Å². The summed E-state index contributed by atoms with van der Waals surface area (Å²) in [5, 5.41) is 0. The van der Waals surface area contributed by atoms with Crippen LogP contribution >= 0.6 is 0 Å². The molecule has 1 aromatic carbocycles. The maximum atomic E-state index is 13.4. The molecule has 3 aliphatic heterocycles. The van der Waals surface area contributed by atoms with E-state index in [0.29, 0.717) is 18.7 Å². The van der Waals surface area contributed by atoms with Gasteiger partial charge in [0.2, 0.25) is 11.8 Å². The van der Waals surface area contributed by atoms with Crippen LogP contribution in [-0.2, 0) is 19.1 Å². The van der Waals surface area contributed by atoms with Gasteiger partial charge in [0.05, 0.1) is 42.4 Å². The second-order valence-corrected chi connectivity index (χ2v) is 7.98. The molecule has 0 spiro atoms. The third-order valence-corrected chi connectivity index (χ3v) is 6.59. The minimum atomic E-state index is -0.364. The lowest BCUT2D eigenvalue weighted by atomic mass is 9.66. The van der Waals surface area contributed by atoms with Crippen molar-refractivity contribution in [2.75, 3.05) is 11.5 Å². The van der Waals surface area contributed by atoms with Gasteiger partial charge in [-0.1, -0.05) is 29.8 Å². The summed E-state index contributed by atoms with van der Waals surface area (Å²) in [7, 11) is 0. The number of nitrogens with zero attached hydrogens (tertiary/aromatic N) is 1. The van der Waals surface area contributed by atoms with E-state index in [0.717, 1.165) is 12.0 Å². The highest BCUT2D eigenvalue weighted by Crippen LogP contribution is 2.51. The molecule has 2 amide bonds. The molecule has 3 saturated heterocycles. The molecule has 0 saturated carbocycles. The van der Waals surface area contributed by atoms with Crippen molar-refractivity contribution in [3.05, 3.63) is 54.1 Å². The van der Waals surface area contributed by atoms with E-state index in [1.165, 1.54) is 10.5 Å². The lowest BCUT2D eigenvalue weighted by Crippen LogP contribution is -2.48. The molecule has 5 rings (SSSR count). The van der Waals surface area contributed by atoms with Gasteiger partial charge in [0.1, 0.15) is 0 Å². The molecule has 0 bridgehead atoms. The Morgan fingerprint density at radius 3 is 2.67 bits per heavy atom. The molecular weight excluding hydrogens is 342 g/mol. The van der Waals surface area contributed by atoms with E-state index in [1.54, 1.807) is 6.08 Å². The predicted molar refractivity (Wildman–Crippen MR) is 99.9 cm³/mol. The van der Waals surface area contributed by atoms with Crippen molar-refractivity contribution in [1.29, 1.82) is 0 Å². The summed E-state index contributed by atoms with van der Waals surface area (Å²) in [4.78, 5) is 28.0. The van der Waals surface area contributed by atoms with Gasteiger partial charge in [-0.25, -0.2) is 0 Å². The molecular formula is C22H23NO4. The largest absolute Gasteiger partial charge is 0.371 e. The van der Waals surface area contributed by atoms with Crippen molar-refractivity contribution < 1.29 is 19.1 Å². The summed E-state index contributed by atoms with van der Waals surface area (Å²) >= 11 is 0. The fraction of sp³-hybridized carbons (Fsp3) is 0.455. The first-order valence-corrected chi connectivity index (χ1v) is 9.61. The van der Waals surface area contributed by atoms with E-state index in [4.69, 9.17) is 9.47 Å². The summed E-state index contributed by atoms with van der Waals surface area (Å²) in [6.45, 7) is 6.43. The first-order valence-electron chi connectivity index (χ1n) is 9.61. The van der Waals surface area contributed by atoms with Crippen LogP contribution in [0.1, 0.15) is 19.8 Å². The van der Waals surface area contributed by atoms with E-state index in [9.17, 15) is 9.59 Å². The molecule has 0 N–H and O–H groups in total. The summed E-state index contributed by atoms with van der Waals surface area (Å²) in [6.07, 6.45) is 2.90. The number of para-hydroxylation sites is 1. The van der Waals surface area contributed by atoms with Crippen LogP contribution in [0.4, 0.5) is 5.69 Å². The van der Waals surface area contributed by atoms with Crippen LogP contribution in [0.5, 0.6) is 0 Å². The second kappa shape index (κ2) is 6.14. The number of fused-ring (bicyclic) bond motifs is 5. The summed E-state index contributed by atoms with van der Waals surface area (Å²) in [5.41, 5.74) is 2.97. The van der Waals surface area contributed by atoms with E-state index in [-0.39, 0.29) is 47.9 Å². The molecule has 3 fully saturated rings. The van der Waals surface area contributed by atoms with Crippen LogP contribution in [0.3, 0.4) is 0 Å². The Morgan fingerprint density at radius 2 is 1.93 bits per heavy atom. The van der Waals surface area contributed by atoms with Crippen molar-refractivity contribution >= 4 is 17.5 Å². The maximum Gasteiger partial charge on any atom is 0.238 e. The van der Waals surface area contributed by atoms with Gasteiger partial charge in [-0.3, -0.25) is 14.5 Å². The van der Waals surface area contributed by atoms with Gasteiger partial charge in [0.25, 0.3) is 0 Å². The molecule has 0 radical (unpaired) electrons. The Hall–Kier alpha value is -2.24. The number of allylic oxidation sites excluding steroid dienone is 1. The highest BCUT2D eigenvalue weighted by atomic mass is 16.6. The van der Waals surface area contributed by atoms with Crippen molar-refractivity contribution in [3.8, 4) is 0 Å². The van der Waals surface area contributed by atoms with Gasteiger partial charge in [-0.2, -0.15) is 0 Å². The van der Waals surface area contributed by atoms with Crippen molar-refractivity contribution in [2.24, 2.45) is 17.8 Å². The van der Waals surface area contributed by atoms with Crippen LogP contribution < -0.4 is 4.90 Å². The SMILES string of the molecule is C=C[C@@H]1C[C@@H]2OCC3=C(C)C[C@@H]4C(=O)N(c5ccccc5)C(=O)[C@@H]4[C@H]3[C@@H]2O1. The molecule has 4 aliphatic rings. The zero-order valence-electron chi connectivity index (χ0n) is 15.3. The Labute approximate surface area is 158 Å². The van der Waals surface area contributed by atoms with Gasteiger partial charge in [0, 0.05) is 12.3 Å². The Bertz CT molecular complexity index is 845. The van der Waals surface area contributed by atoms with E-state index in [1.807, 2.05) is 30.3 Å². The van der Waals surface area contributed by atoms with Crippen molar-refractivity contribution in [2.45, 2.75) is 38.1 Å². The summed E-state index contributed by atoms with van der Waals surface area (Å²) < 4.78 is 12.3. The summed E-state index contributed by atoms with van der Waals surface area (Å²) in [5.74, 6) is -0.945. The van der Waals surface area contributed by atoms with Gasteiger partial charge < -0.3 is 9.47 Å². The van der Waals surface area contributed by atoms with E-state index >= 15 is 0 Å². The molecule has 6 atom stereocenters. The normalized spacial score (nSPS) is 37.9. The monoisotopic (exact) mass is 365 g/mol. The van der Waals surface area contributed by atoms with Crippen LogP contribution in [0.2, 0.25) is 0 Å². The topological polar surface area (TPSA) is 55.8 Å². The Kier molecular flexibility index (Phi) is 3.85. The van der Waals surface area contributed by atoms with Crippen LogP contribution in [-0.4, -0.2) is 36.7 Å². The molecule has 0 aromatic heterocycles. The number of rotatable bonds is 2. The molecule has 3 heterocycles. The predicted octanol–water partition coefficient (Wildman–Crippen LogP) is 2.87. The van der Waals surface area contributed by atoms with Gasteiger partial charge in [0.15, 0.2) is 0 Å². The quantitative estimate of drug-likeness (QED) is 0.597. The average molecular weight is 365 g/mol. The highest BCUT2D eigenvalue weighted by Gasteiger charge is 2.59. The molecule has 1 aromatic rings. The number of ether oxygens (including phenoxy) is 2. The van der Waals surface area contributed by atoms with Crippen LogP contribution in [0, 0.1) is 17.8 Å². The minimum Gasteiger partial charge on any atom is -0.371 e. The maximum absolute atomic E-state index is 13.4. The molecule has 140 valence electrons. The number of carbonyl (C=O) groups excluding carboxylic acids is 2. The summed E-state index contributed by atoms with van der Waals surface area (Å²) in [6, 6.07) is 9.23. The lowest BCUT2D eigenvalue weighted by molar-refractivity contribution is -0.130. The van der Waals surface area contributed by atoms with Crippen LogP contribution in [0.25, 0.3) is 0 Å². The first kappa shape index (κ1) is 16.9. The van der Waals surface area contributed by atoms with E-state index in [2.05, 4.69) is 13.5 Å². The minimum absolute atomic E-state index is 0.0398. The number of imide groups is 1. The fourth-order valence-corrected chi connectivity index (χ4v) is 5.32. The average Bonchev–Trinajstić information content (AvgIpc) is 3.21. The molecule has 0 unspecified atom stereocenters. The van der Waals surface area contributed by atoms with E-state index < -0.39 is 0 Å². The fourth-order valence-electron chi connectivity index (χ4n) is 5.32. The van der Waals surface area contributed by atoms with Crippen molar-refractivity contribution in [3.63, 3.8) is 0 Å². The zero-order valence-corrected chi connectivity index (χ0v) is 15.3. The number of carbonyl (C=O) groups is 2. The number of anilines is 1. The molecule has 1 aliphatic carbocycles. The molecule has 27 heavy (non-hydrogen) atoms. The smallest absolute Gasteiger partial charge is 0.238 e. The zero-order chi connectivity index (χ0) is 18.7. The second-order valence-electron chi connectivity index (χ2n) is 7.98. The lowest BCUT2D eigenvalue weighted by Gasteiger charge is -2.42. The molecule has 5 nitrogen and oxygen atoms in total. The van der Waals surface area contributed by atoms with Gasteiger partial charge in [-0.15, -0.1) is 6.58 Å². The standard InChI is InChI=1S/C22H23NO4/c1-3-14-10-17-20(27-14)18-16(11-26-17)12(2)9-15-19(18)22(25)23(21(15)24)13-7-5-4-6-8-13/h3-8,14-15,17-20H,1,9-11H2,2H3/t14-,15+,17+,18+,19+,20-/m1/s1. The van der Waals surface area contributed by atoms with Gasteiger partial charge in [-0.05, 0) is 31.1 Å². The number of hydrogen-bond acceptors (Lipinski definition) is 4. The number of hydrogen-bond donors (Lipinski definition) is 0. The third kappa shape index (κ3) is 2.38.